The lowest BCUT2D eigenvalue weighted by Crippen LogP contribution is -2.52. The highest BCUT2D eigenvalue weighted by Crippen LogP contribution is 2.14. The summed E-state index contributed by atoms with van der Waals surface area (Å²) in [5.74, 6) is 0.209. The van der Waals surface area contributed by atoms with Crippen LogP contribution >= 0.6 is 0 Å². The standard InChI is InChI=1S/C24H34N4O2/c1-18(2)14-24(3,25)22(29)26-15-19-10-12-20(13-11-19)16-27-23(30)28(4)17-21-8-6-5-7-9-21/h5-13,18H,14-17,25H2,1-4H3,(H,26,29)(H,27,30). The minimum atomic E-state index is -0.871. The summed E-state index contributed by atoms with van der Waals surface area (Å²) in [5, 5.41) is 5.84. The normalized spacial score (nSPS) is 12.9. The summed E-state index contributed by atoms with van der Waals surface area (Å²) < 4.78 is 0. The van der Waals surface area contributed by atoms with E-state index >= 15 is 0 Å². The molecule has 30 heavy (non-hydrogen) atoms. The lowest BCUT2D eigenvalue weighted by Gasteiger charge is -2.25. The number of carbonyl (C=O) groups excluding carboxylic acids is 2. The van der Waals surface area contributed by atoms with Gasteiger partial charge >= 0.3 is 6.03 Å². The average Bonchev–Trinajstić information content (AvgIpc) is 2.70. The smallest absolute Gasteiger partial charge is 0.317 e. The Morgan fingerprint density at radius 2 is 1.47 bits per heavy atom. The van der Waals surface area contributed by atoms with Gasteiger partial charge in [0.2, 0.25) is 5.91 Å². The number of hydrogen-bond acceptors (Lipinski definition) is 3. The Labute approximate surface area is 179 Å². The van der Waals surface area contributed by atoms with E-state index in [0.29, 0.717) is 32.0 Å². The van der Waals surface area contributed by atoms with Crippen LogP contribution in [0.25, 0.3) is 0 Å². The van der Waals surface area contributed by atoms with E-state index in [2.05, 4.69) is 24.5 Å². The Hall–Kier alpha value is -2.86. The van der Waals surface area contributed by atoms with E-state index in [9.17, 15) is 9.59 Å². The molecule has 3 amide bonds. The van der Waals surface area contributed by atoms with Crippen molar-refractivity contribution in [3.8, 4) is 0 Å². The zero-order valence-electron chi connectivity index (χ0n) is 18.4. The van der Waals surface area contributed by atoms with Gasteiger partial charge in [-0.2, -0.15) is 0 Å². The molecule has 4 N–H and O–H groups in total. The first kappa shape index (κ1) is 23.4. The van der Waals surface area contributed by atoms with Gasteiger partial charge in [0.15, 0.2) is 0 Å². The SMILES string of the molecule is CC(C)CC(C)(N)C(=O)NCc1ccc(CNC(=O)N(C)Cc2ccccc2)cc1. The molecule has 0 aromatic heterocycles. The Morgan fingerprint density at radius 1 is 0.933 bits per heavy atom. The monoisotopic (exact) mass is 410 g/mol. The third kappa shape index (κ3) is 7.52. The van der Waals surface area contributed by atoms with Crippen molar-refractivity contribution in [2.45, 2.75) is 52.4 Å². The number of nitrogens with zero attached hydrogens (tertiary/aromatic N) is 1. The fourth-order valence-corrected chi connectivity index (χ4v) is 3.34. The number of urea groups is 1. The molecule has 0 bridgehead atoms. The van der Waals surface area contributed by atoms with Crippen LogP contribution in [-0.2, 0) is 24.4 Å². The van der Waals surface area contributed by atoms with Crippen LogP contribution in [0.5, 0.6) is 0 Å². The van der Waals surface area contributed by atoms with Gasteiger partial charge < -0.3 is 21.3 Å². The van der Waals surface area contributed by atoms with Gasteiger partial charge in [-0.3, -0.25) is 4.79 Å². The molecule has 1 atom stereocenters. The molecule has 0 saturated heterocycles. The lowest BCUT2D eigenvalue weighted by atomic mass is 9.91. The van der Waals surface area contributed by atoms with E-state index in [1.165, 1.54) is 0 Å². The molecule has 6 nitrogen and oxygen atoms in total. The minimum Gasteiger partial charge on any atom is -0.350 e. The average molecular weight is 411 g/mol. The van der Waals surface area contributed by atoms with Crippen LogP contribution in [0.1, 0.15) is 43.9 Å². The maximum Gasteiger partial charge on any atom is 0.317 e. The van der Waals surface area contributed by atoms with Gasteiger partial charge in [-0.15, -0.1) is 0 Å². The van der Waals surface area contributed by atoms with E-state index in [1.54, 1.807) is 18.9 Å². The van der Waals surface area contributed by atoms with E-state index < -0.39 is 5.54 Å². The number of nitrogens with two attached hydrogens (primary N) is 1. The van der Waals surface area contributed by atoms with Crippen molar-refractivity contribution < 1.29 is 9.59 Å². The molecule has 0 fully saturated rings. The fourth-order valence-electron chi connectivity index (χ4n) is 3.34. The summed E-state index contributed by atoms with van der Waals surface area (Å²) in [6, 6.07) is 17.6. The van der Waals surface area contributed by atoms with Crippen molar-refractivity contribution in [1.82, 2.24) is 15.5 Å². The Morgan fingerprint density at radius 3 is 2.00 bits per heavy atom. The highest BCUT2D eigenvalue weighted by Gasteiger charge is 2.28. The van der Waals surface area contributed by atoms with Gasteiger partial charge in [-0.05, 0) is 36.0 Å². The Bertz CT molecular complexity index is 817. The topological polar surface area (TPSA) is 87.5 Å². The largest absolute Gasteiger partial charge is 0.350 e. The number of nitrogens with one attached hydrogen (secondary N) is 2. The summed E-state index contributed by atoms with van der Waals surface area (Å²) in [7, 11) is 1.78. The molecule has 0 heterocycles. The third-order valence-corrected chi connectivity index (χ3v) is 4.88. The maximum atomic E-state index is 12.3. The second kappa shape index (κ2) is 10.8. The molecular formula is C24H34N4O2. The fraction of sp³-hybridized carbons (Fsp3) is 0.417. The molecule has 2 rings (SSSR count). The van der Waals surface area contributed by atoms with Crippen LogP contribution < -0.4 is 16.4 Å². The van der Waals surface area contributed by atoms with E-state index in [-0.39, 0.29) is 11.9 Å². The molecule has 162 valence electrons. The molecule has 0 aliphatic carbocycles. The van der Waals surface area contributed by atoms with Crippen molar-refractivity contribution >= 4 is 11.9 Å². The van der Waals surface area contributed by atoms with Gasteiger partial charge in [0.1, 0.15) is 0 Å². The summed E-state index contributed by atoms with van der Waals surface area (Å²) in [6.07, 6.45) is 0.635. The molecule has 2 aromatic carbocycles. The van der Waals surface area contributed by atoms with Crippen LogP contribution in [0.2, 0.25) is 0 Å². The van der Waals surface area contributed by atoms with Crippen LogP contribution in [-0.4, -0.2) is 29.4 Å². The molecule has 0 radical (unpaired) electrons. The first-order chi connectivity index (χ1) is 14.2. The summed E-state index contributed by atoms with van der Waals surface area (Å²) >= 11 is 0. The molecule has 2 aromatic rings. The highest BCUT2D eigenvalue weighted by molar-refractivity contribution is 5.85. The number of carbonyl (C=O) groups is 2. The van der Waals surface area contributed by atoms with Gasteiger partial charge in [0.25, 0.3) is 0 Å². The predicted molar refractivity (Wildman–Crippen MR) is 120 cm³/mol. The molecular weight excluding hydrogens is 376 g/mol. The molecule has 0 aliphatic heterocycles. The zero-order chi connectivity index (χ0) is 22.1. The van der Waals surface area contributed by atoms with Crippen molar-refractivity contribution in [1.29, 1.82) is 0 Å². The molecule has 0 aliphatic rings. The summed E-state index contributed by atoms with van der Waals surface area (Å²) in [5.41, 5.74) is 8.33. The number of hydrogen-bond donors (Lipinski definition) is 3. The van der Waals surface area contributed by atoms with Gasteiger partial charge in [-0.1, -0.05) is 68.4 Å². The lowest BCUT2D eigenvalue weighted by molar-refractivity contribution is -0.126. The molecule has 0 saturated carbocycles. The first-order valence-electron chi connectivity index (χ1n) is 10.4. The first-order valence-corrected chi connectivity index (χ1v) is 10.4. The number of amides is 3. The van der Waals surface area contributed by atoms with Crippen molar-refractivity contribution in [2.75, 3.05) is 7.05 Å². The number of benzene rings is 2. The predicted octanol–water partition coefficient (Wildman–Crippen LogP) is 3.41. The van der Waals surface area contributed by atoms with Crippen LogP contribution in [0.4, 0.5) is 4.79 Å². The van der Waals surface area contributed by atoms with Gasteiger partial charge in [0, 0.05) is 26.7 Å². The number of rotatable bonds is 9. The molecule has 0 spiro atoms. The zero-order valence-corrected chi connectivity index (χ0v) is 18.4. The third-order valence-electron chi connectivity index (χ3n) is 4.88. The van der Waals surface area contributed by atoms with Gasteiger partial charge in [-0.25, -0.2) is 4.79 Å². The second-order valence-corrected chi connectivity index (χ2v) is 8.51. The Kier molecular flexibility index (Phi) is 8.42. The van der Waals surface area contributed by atoms with Crippen molar-refractivity contribution in [3.05, 3.63) is 71.3 Å². The molecule has 1 unspecified atom stereocenters. The second-order valence-electron chi connectivity index (χ2n) is 8.51. The highest BCUT2D eigenvalue weighted by atomic mass is 16.2. The van der Waals surface area contributed by atoms with Crippen LogP contribution in [0.3, 0.4) is 0 Å². The van der Waals surface area contributed by atoms with E-state index in [1.807, 2.05) is 54.6 Å². The van der Waals surface area contributed by atoms with Crippen molar-refractivity contribution in [2.24, 2.45) is 11.7 Å². The Balaban J connectivity index is 1.79. The van der Waals surface area contributed by atoms with E-state index in [4.69, 9.17) is 5.73 Å². The van der Waals surface area contributed by atoms with Crippen molar-refractivity contribution in [3.63, 3.8) is 0 Å². The maximum absolute atomic E-state index is 12.3. The van der Waals surface area contributed by atoms with E-state index in [0.717, 1.165) is 16.7 Å². The van der Waals surface area contributed by atoms with Crippen LogP contribution in [0.15, 0.2) is 54.6 Å². The quantitative estimate of drug-likeness (QED) is 0.592. The summed E-state index contributed by atoms with van der Waals surface area (Å²) in [4.78, 5) is 26.3. The van der Waals surface area contributed by atoms with Gasteiger partial charge in [0.05, 0.1) is 5.54 Å². The minimum absolute atomic E-state index is 0.123. The molecule has 6 heteroatoms. The van der Waals surface area contributed by atoms with Crippen LogP contribution in [0, 0.1) is 5.92 Å². The summed E-state index contributed by atoms with van der Waals surface area (Å²) in [6.45, 7) is 7.30.